The number of nitrogens with one attached hydrogen (secondary N) is 2. The number of aromatic nitrogens is 4. The number of imidazole rings is 1. The minimum atomic E-state index is -2.30. The van der Waals surface area contributed by atoms with Gasteiger partial charge in [0.2, 0.25) is 11.9 Å². The Morgan fingerprint density at radius 1 is 1.39 bits per heavy atom. The summed E-state index contributed by atoms with van der Waals surface area (Å²) in [5.41, 5.74) is -0.837. The molecule has 3 atom stereocenters. The molecule has 0 spiro atoms. The maximum absolute atomic E-state index is 12.2. The highest BCUT2D eigenvalue weighted by molar-refractivity contribution is 5.87. The molecule has 0 saturated carbocycles. The zero-order valence-corrected chi connectivity index (χ0v) is 15.2. The van der Waals surface area contributed by atoms with Crippen LogP contribution in [-0.4, -0.2) is 56.2 Å². The van der Waals surface area contributed by atoms with E-state index in [1.165, 1.54) is 13.8 Å². The van der Waals surface area contributed by atoms with Gasteiger partial charge in [0, 0.05) is 29.9 Å². The Bertz CT molecular complexity index is 1070. The van der Waals surface area contributed by atoms with Crippen LogP contribution in [-0.2, 0) is 28.6 Å². The van der Waals surface area contributed by atoms with E-state index in [-0.39, 0.29) is 23.7 Å². The maximum Gasteiger partial charge on any atom is 0.303 e. The summed E-state index contributed by atoms with van der Waals surface area (Å²) in [4.78, 5) is 56.6. The highest BCUT2D eigenvalue weighted by Crippen LogP contribution is 2.32. The topological polar surface area (TPSA) is 154 Å². The fourth-order valence-corrected chi connectivity index (χ4v) is 2.61. The van der Waals surface area contributed by atoms with Crippen molar-refractivity contribution in [1.29, 1.82) is 0 Å². The molecule has 1 aliphatic heterocycles. The van der Waals surface area contributed by atoms with E-state index in [1.807, 2.05) is 0 Å². The largest absolute Gasteiger partial charge is 0.463 e. The molecule has 28 heavy (non-hydrogen) atoms. The molecule has 3 heterocycles. The number of amides is 1. The zero-order valence-electron chi connectivity index (χ0n) is 17.2. The SMILES string of the molecule is [2H]C1([2H])[C@H](OC(C)=O)[C@@H](COC(C)=O)O[C@H]1n1cnc2c(=O)[nH]c(NC(C)=O)nc21. The van der Waals surface area contributed by atoms with Crippen molar-refractivity contribution in [2.75, 3.05) is 11.9 Å². The van der Waals surface area contributed by atoms with Crippen molar-refractivity contribution in [3.63, 3.8) is 0 Å². The summed E-state index contributed by atoms with van der Waals surface area (Å²) in [6.45, 7) is 3.15. The number of rotatable bonds is 5. The summed E-state index contributed by atoms with van der Waals surface area (Å²) in [6, 6.07) is 0. The summed E-state index contributed by atoms with van der Waals surface area (Å²) >= 11 is 0. The highest BCUT2D eigenvalue weighted by Gasteiger charge is 2.40. The molecule has 1 saturated heterocycles. The molecule has 1 aliphatic rings. The molecule has 2 N–H and O–H groups in total. The lowest BCUT2D eigenvalue weighted by Gasteiger charge is -2.17. The number of carbonyl (C=O) groups excluding carboxylic acids is 3. The Kier molecular flexibility index (Phi) is 4.67. The Balaban J connectivity index is 2.05. The lowest BCUT2D eigenvalue weighted by Crippen LogP contribution is -2.31. The molecule has 0 aromatic carbocycles. The van der Waals surface area contributed by atoms with E-state index in [2.05, 4.69) is 20.3 Å². The van der Waals surface area contributed by atoms with Crippen LogP contribution in [0.15, 0.2) is 11.1 Å². The lowest BCUT2D eigenvalue weighted by molar-refractivity contribution is -0.155. The molecular weight excluding hydrogens is 374 g/mol. The number of H-pyrrole nitrogens is 1. The van der Waals surface area contributed by atoms with Crippen molar-refractivity contribution in [1.82, 2.24) is 19.5 Å². The summed E-state index contributed by atoms with van der Waals surface area (Å²) in [5.74, 6) is -2.01. The van der Waals surface area contributed by atoms with Gasteiger partial charge in [-0.15, -0.1) is 0 Å². The summed E-state index contributed by atoms with van der Waals surface area (Å²) < 4.78 is 33.8. The van der Waals surface area contributed by atoms with Crippen LogP contribution in [0.25, 0.3) is 11.2 Å². The van der Waals surface area contributed by atoms with Crippen LogP contribution in [0.5, 0.6) is 0 Å². The quantitative estimate of drug-likeness (QED) is 0.658. The predicted octanol–water partition coefficient (Wildman–Crippen LogP) is -0.140. The number of hydrogen-bond acceptors (Lipinski definition) is 9. The summed E-state index contributed by atoms with van der Waals surface area (Å²) in [6.07, 6.45) is -5.11. The van der Waals surface area contributed by atoms with Crippen LogP contribution < -0.4 is 10.9 Å². The van der Waals surface area contributed by atoms with Gasteiger partial charge in [-0.25, -0.2) is 4.98 Å². The zero-order chi connectivity index (χ0) is 22.2. The van der Waals surface area contributed by atoms with Crippen molar-refractivity contribution < 1.29 is 31.3 Å². The second kappa shape index (κ2) is 7.76. The molecule has 150 valence electrons. The minimum Gasteiger partial charge on any atom is -0.463 e. The molecule has 12 nitrogen and oxygen atoms in total. The van der Waals surface area contributed by atoms with E-state index < -0.39 is 48.2 Å². The predicted molar refractivity (Wildman–Crippen MR) is 93.2 cm³/mol. The number of carbonyl (C=O) groups is 3. The lowest BCUT2D eigenvalue weighted by atomic mass is 10.2. The monoisotopic (exact) mass is 395 g/mol. The standard InChI is InChI=1S/C16H19N5O7/c1-7(22)18-16-19-14-13(15(25)20-16)17-6-21(14)12-4-10(27-9(3)24)11(28-12)5-26-8(2)23/h6,10-12H,4-5H2,1-3H3,(H2,18,19,20,22,25)/t10-,11+,12+/m0/s1/i4D2. The van der Waals surface area contributed by atoms with E-state index in [1.54, 1.807) is 0 Å². The van der Waals surface area contributed by atoms with Crippen LogP contribution in [0.2, 0.25) is 0 Å². The first kappa shape index (κ1) is 16.9. The fourth-order valence-electron chi connectivity index (χ4n) is 2.61. The van der Waals surface area contributed by atoms with E-state index in [0.29, 0.717) is 0 Å². The molecule has 12 heteroatoms. The second-order valence-corrected chi connectivity index (χ2v) is 5.95. The van der Waals surface area contributed by atoms with Crippen LogP contribution in [0.1, 0.15) is 36.1 Å². The van der Waals surface area contributed by atoms with Gasteiger partial charge >= 0.3 is 11.9 Å². The number of hydrogen-bond donors (Lipinski definition) is 2. The molecular formula is C16H19N5O7. The number of ether oxygens (including phenoxy) is 3. The van der Waals surface area contributed by atoms with Gasteiger partial charge in [0.25, 0.3) is 5.56 Å². The Morgan fingerprint density at radius 3 is 2.79 bits per heavy atom. The third kappa shape index (κ3) is 4.17. The smallest absolute Gasteiger partial charge is 0.303 e. The van der Waals surface area contributed by atoms with Gasteiger partial charge in [0.15, 0.2) is 11.2 Å². The molecule has 0 aliphatic carbocycles. The Labute approximate surface area is 161 Å². The summed E-state index contributed by atoms with van der Waals surface area (Å²) in [5, 5.41) is 2.33. The van der Waals surface area contributed by atoms with Crippen molar-refractivity contribution in [3.05, 3.63) is 16.7 Å². The van der Waals surface area contributed by atoms with Crippen LogP contribution in [0.3, 0.4) is 0 Å². The van der Waals surface area contributed by atoms with Crippen molar-refractivity contribution in [2.24, 2.45) is 0 Å². The average molecular weight is 395 g/mol. The number of anilines is 1. The summed E-state index contributed by atoms with van der Waals surface area (Å²) in [7, 11) is 0. The van der Waals surface area contributed by atoms with Crippen molar-refractivity contribution in [2.45, 2.75) is 45.6 Å². The van der Waals surface area contributed by atoms with E-state index in [9.17, 15) is 19.2 Å². The average Bonchev–Trinajstić information content (AvgIpc) is 3.12. The number of nitrogens with zero attached hydrogens (tertiary/aromatic N) is 3. The molecule has 0 bridgehead atoms. The number of aromatic amines is 1. The highest BCUT2D eigenvalue weighted by atomic mass is 16.6. The molecule has 0 unspecified atom stereocenters. The number of fused-ring (bicyclic) bond motifs is 1. The van der Waals surface area contributed by atoms with Gasteiger partial charge in [-0.3, -0.25) is 34.0 Å². The third-order valence-corrected chi connectivity index (χ3v) is 3.67. The van der Waals surface area contributed by atoms with Crippen LogP contribution >= 0.6 is 0 Å². The second-order valence-electron chi connectivity index (χ2n) is 5.95. The third-order valence-electron chi connectivity index (χ3n) is 3.67. The van der Waals surface area contributed by atoms with Gasteiger partial charge in [0.05, 0.1) is 6.33 Å². The van der Waals surface area contributed by atoms with Gasteiger partial charge in [0.1, 0.15) is 25.0 Å². The van der Waals surface area contributed by atoms with Gasteiger partial charge < -0.3 is 14.2 Å². The van der Waals surface area contributed by atoms with Crippen molar-refractivity contribution >= 4 is 35.0 Å². The van der Waals surface area contributed by atoms with Crippen LogP contribution in [0.4, 0.5) is 5.95 Å². The van der Waals surface area contributed by atoms with E-state index >= 15 is 0 Å². The first-order chi connectivity index (χ1) is 14.0. The van der Waals surface area contributed by atoms with Crippen molar-refractivity contribution in [3.8, 4) is 0 Å². The van der Waals surface area contributed by atoms with Gasteiger partial charge in [-0.2, -0.15) is 4.98 Å². The normalized spacial score (nSPS) is 24.3. The molecule has 3 rings (SSSR count). The molecule has 1 fully saturated rings. The molecule has 1 amide bonds. The van der Waals surface area contributed by atoms with Gasteiger partial charge in [-0.05, 0) is 0 Å². The van der Waals surface area contributed by atoms with Gasteiger partial charge in [-0.1, -0.05) is 0 Å². The van der Waals surface area contributed by atoms with E-state index in [0.717, 1.165) is 17.8 Å². The van der Waals surface area contributed by atoms with E-state index in [4.69, 9.17) is 17.0 Å². The fraction of sp³-hybridized carbons (Fsp3) is 0.500. The minimum absolute atomic E-state index is 0.0638. The van der Waals surface area contributed by atoms with Crippen LogP contribution in [0, 0.1) is 0 Å². The molecule has 2 aromatic rings. The Hall–Kier alpha value is -3.28. The molecule has 2 aromatic heterocycles. The number of esters is 2. The maximum atomic E-state index is 12.2. The molecule has 0 radical (unpaired) electrons. The Morgan fingerprint density at radius 2 is 2.14 bits per heavy atom. The first-order valence-electron chi connectivity index (χ1n) is 9.21. The first-order valence-corrected chi connectivity index (χ1v) is 8.21.